The van der Waals surface area contributed by atoms with Gasteiger partial charge in [0.2, 0.25) is 0 Å². The molecule has 1 rings (SSSR count). The van der Waals surface area contributed by atoms with E-state index in [-0.39, 0.29) is 5.69 Å². The van der Waals surface area contributed by atoms with Crippen LogP contribution in [-0.2, 0) is 0 Å². The van der Waals surface area contributed by atoms with Crippen LogP contribution in [0, 0.1) is 4.91 Å². The van der Waals surface area contributed by atoms with Gasteiger partial charge in [-0.25, -0.2) is 5.43 Å². The van der Waals surface area contributed by atoms with Gasteiger partial charge in [-0.3, -0.25) is 9.78 Å². The molecule has 16 heavy (non-hydrogen) atoms. The van der Waals surface area contributed by atoms with Crippen molar-refractivity contribution in [3.8, 4) is 0 Å². The second-order valence-electron chi connectivity index (χ2n) is 3.19. The van der Waals surface area contributed by atoms with Crippen molar-refractivity contribution in [1.29, 1.82) is 0 Å². The number of pyridine rings is 1. The van der Waals surface area contributed by atoms with E-state index in [9.17, 15) is 9.70 Å². The Balaban J connectivity index is 2.63. The molecule has 0 aliphatic heterocycles. The van der Waals surface area contributed by atoms with Gasteiger partial charge in [0.1, 0.15) is 11.7 Å². The molecule has 0 fully saturated rings. The van der Waals surface area contributed by atoms with Crippen molar-refractivity contribution in [1.82, 2.24) is 10.4 Å². The molecule has 0 saturated carbocycles. The van der Waals surface area contributed by atoms with Gasteiger partial charge in [0.15, 0.2) is 0 Å². The first-order valence-electron chi connectivity index (χ1n) is 4.73. The summed E-state index contributed by atoms with van der Waals surface area (Å²) in [5, 5.41) is 6.55. The fourth-order valence-corrected chi connectivity index (χ4v) is 0.863. The van der Waals surface area contributed by atoms with E-state index in [1.165, 1.54) is 6.20 Å². The highest BCUT2D eigenvalue weighted by atomic mass is 16.3. The quantitative estimate of drug-likeness (QED) is 0.472. The standard InChI is InChI=1S/C10H12N4O2/c1-7(8(2)14-16)12-13-10(15)9-5-3-4-6-11-9/h3-6,8H,1-2H3,(H,13,15)/b12-7+. The van der Waals surface area contributed by atoms with Crippen molar-refractivity contribution in [2.45, 2.75) is 19.9 Å². The van der Waals surface area contributed by atoms with Gasteiger partial charge in [-0.05, 0) is 26.0 Å². The highest BCUT2D eigenvalue weighted by Gasteiger charge is 2.07. The smallest absolute Gasteiger partial charge is 0.266 e. The summed E-state index contributed by atoms with van der Waals surface area (Å²) in [6.07, 6.45) is 1.51. The molecule has 1 aromatic rings. The third kappa shape index (κ3) is 3.23. The first-order valence-corrected chi connectivity index (χ1v) is 4.73. The summed E-state index contributed by atoms with van der Waals surface area (Å²) in [6.45, 7) is 3.21. The Morgan fingerprint density at radius 2 is 2.25 bits per heavy atom. The summed E-state index contributed by atoms with van der Waals surface area (Å²) in [7, 11) is 0. The van der Waals surface area contributed by atoms with Crippen LogP contribution in [0.5, 0.6) is 0 Å². The van der Waals surface area contributed by atoms with Crippen molar-refractivity contribution < 1.29 is 4.79 Å². The lowest BCUT2D eigenvalue weighted by Crippen LogP contribution is -2.22. The van der Waals surface area contributed by atoms with Crippen LogP contribution >= 0.6 is 0 Å². The molecule has 0 bridgehead atoms. The largest absolute Gasteiger partial charge is 0.289 e. The molecule has 1 heterocycles. The maximum Gasteiger partial charge on any atom is 0.289 e. The molecule has 0 spiro atoms. The average molecular weight is 220 g/mol. The van der Waals surface area contributed by atoms with Crippen LogP contribution in [0.1, 0.15) is 24.3 Å². The summed E-state index contributed by atoms with van der Waals surface area (Å²) >= 11 is 0. The number of hydrogen-bond donors (Lipinski definition) is 1. The van der Waals surface area contributed by atoms with Gasteiger partial charge in [0.05, 0.1) is 5.71 Å². The lowest BCUT2D eigenvalue weighted by molar-refractivity contribution is 0.0949. The average Bonchev–Trinajstić information content (AvgIpc) is 2.35. The predicted octanol–water partition coefficient (Wildman–Crippen LogP) is 1.34. The topological polar surface area (TPSA) is 83.8 Å². The van der Waals surface area contributed by atoms with Gasteiger partial charge >= 0.3 is 0 Å². The Morgan fingerprint density at radius 3 is 2.81 bits per heavy atom. The van der Waals surface area contributed by atoms with Gasteiger partial charge < -0.3 is 0 Å². The molecule has 0 saturated heterocycles. The van der Waals surface area contributed by atoms with Gasteiger partial charge in [-0.15, -0.1) is 0 Å². The van der Waals surface area contributed by atoms with Crippen LogP contribution in [0.25, 0.3) is 0 Å². The summed E-state index contributed by atoms with van der Waals surface area (Å²) in [6, 6.07) is 4.43. The fourth-order valence-electron chi connectivity index (χ4n) is 0.863. The zero-order chi connectivity index (χ0) is 12.0. The van der Waals surface area contributed by atoms with E-state index >= 15 is 0 Å². The van der Waals surface area contributed by atoms with Crippen LogP contribution in [0.15, 0.2) is 34.7 Å². The monoisotopic (exact) mass is 220 g/mol. The van der Waals surface area contributed by atoms with Crippen LogP contribution in [0.2, 0.25) is 0 Å². The van der Waals surface area contributed by atoms with Crippen LogP contribution < -0.4 is 5.43 Å². The Morgan fingerprint density at radius 1 is 1.50 bits per heavy atom. The number of hydrazone groups is 1. The van der Waals surface area contributed by atoms with Crippen molar-refractivity contribution in [3.05, 3.63) is 35.0 Å². The number of aromatic nitrogens is 1. The van der Waals surface area contributed by atoms with Crippen molar-refractivity contribution in [2.24, 2.45) is 10.3 Å². The molecule has 0 aromatic carbocycles. The number of carbonyl (C=O) groups excluding carboxylic acids is 1. The summed E-state index contributed by atoms with van der Waals surface area (Å²) in [5.41, 5.74) is 3.01. The second-order valence-corrected chi connectivity index (χ2v) is 3.19. The van der Waals surface area contributed by atoms with Crippen LogP contribution in [-0.4, -0.2) is 22.6 Å². The second kappa shape index (κ2) is 5.69. The maximum absolute atomic E-state index is 11.5. The maximum atomic E-state index is 11.5. The molecule has 1 N–H and O–H groups in total. The third-order valence-corrected chi connectivity index (χ3v) is 1.99. The first-order chi connectivity index (χ1) is 7.65. The normalized spacial score (nSPS) is 13.0. The fraction of sp³-hybridized carbons (Fsp3) is 0.300. The number of rotatable bonds is 4. The minimum Gasteiger partial charge on any atom is -0.266 e. The molecule has 84 valence electrons. The van der Waals surface area contributed by atoms with E-state index in [0.29, 0.717) is 5.71 Å². The third-order valence-electron chi connectivity index (χ3n) is 1.99. The zero-order valence-corrected chi connectivity index (χ0v) is 9.04. The highest BCUT2D eigenvalue weighted by molar-refractivity contribution is 5.94. The molecule has 1 aromatic heterocycles. The lowest BCUT2D eigenvalue weighted by atomic mass is 10.2. The number of carbonyl (C=O) groups is 1. The summed E-state index contributed by atoms with van der Waals surface area (Å²) < 4.78 is 0. The molecule has 1 amide bonds. The molecule has 1 unspecified atom stereocenters. The molecule has 6 heteroatoms. The molecule has 6 nitrogen and oxygen atoms in total. The molecular weight excluding hydrogens is 208 g/mol. The number of amides is 1. The summed E-state index contributed by atoms with van der Waals surface area (Å²) in [4.78, 5) is 25.5. The van der Waals surface area contributed by atoms with Crippen LogP contribution in [0.4, 0.5) is 0 Å². The van der Waals surface area contributed by atoms with E-state index in [1.54, 1.807) is 32.0 Å². The zero-order valence-electron chi connectivity index (χ0n) is 9.04. The van der Waals surface area contributed by atoms with E-state index in [4.69, 9.17) is 0 Å². The Kier molecular flexibility index (Phi) is 4.26. The molecule has 1 atom stereocenters. The first kappa shape index (κ1) is 12.0. The van der Waals surface area contributed by atoms with Gasteiger partial charge in [0.25, 0.3) is 5.91 Å². The van der Waals surface area contributed by atoms with Gasteiger partial charge in [-0.1, -0.05) is 11.2 Å². The minimum atomic E-state index is -0.552. The molecule has 0 radical (unpaired) electrons. The molecule has 0 aliphatic rings. The van der Waals surface area contributed by atoms with E-state index in [2.05, 4.69) is 20.7 Å². The van der Waals surface area contributed by atoms with E-state index in [1.807, 2.05) is 0 Å². The van der Waals surface area contributed by atoms with Crippen molar-refractivity contribution in [3.63, 3.8) is 0 Å². The predicted molar refractivity (Wildman–Crippen MR) is 60.1 cm³/mol. The Hall–Kier alpha value is -2.11. The van der Waals surface area contributed by atoms with Crippen molar-refractivity contribution in [2.75, 3.05) is 0 Å². The van der Waals surface area contributed by atoms with Crippen LogP contribution in [0.3, 0.4) is 0 Å². The molecular formula is C10H12N4O2. The number of nitrogens with one attached hydrogen (secondary N) is 1. The SMILES string of the molecule is C/C(=N\NC(=O)c1ccccn1)C(C)N=O. The van der Waals surface area contributed by atoms with Gasteiger partial charge in [0, 0.05) is 6.20 Å². The number of nitrogens with zero attached hydrogens (tertiary/aromatic N) is 3. The van der Waals surface area contributed by atoms with E-state index < -0.39 is 11.9 Å². The summed E-state index contributed by atoms with van der Waals surface area (Å²) in [5.74, 6) is -0.418. The Labute approximate surface area is 92.7 Å². The molecule has 0 aliphatic carbocycles. The lowest BCUT2D eigenvalue weighted by Gasteiger charge is -2.02. The number of nitroso groups, excluding NO2 is 1. The highest BCUT2D eigenvalue weighted by Crippen LogP contribution is 1.95. The Bertz CT molecular complexity index is 403. The minimum absolute atomic E-state index is 0.269. The van der Waals surface area contributed by atoms with Gasteiger partial charge in [-0.2, -0.15) is 10.0 Å². The van der Waals surface area contributed by atoms with Crippen molar-refractivity contribution >= 4 is 11.6 Å². The van der Waals surface area contributed by atoms with E-state index in [0.717, 1.165) is 0 Å². The number of hydrogen-bond acceptors (Lipinski definition) is 5.